The van der Waals surface area contributed by atoms with Crippen molar-refractivity contribution in [1.29, 1.82) is 0 Å². The van der Waals surface area contributed by atoms with E-state index in [0.717, 1.165) is 0 Å². The molecule has 0 aromatic carbocycles. The van der Waals surface area contributed by atoms with Crippen LogP contribution >= 0.6 is 0 Å². The van der Waals surface area contributed by atoms with Gasteiger partial charge in [0.05, 0.1) is 5.92 Å². The molecule has 92 valence electrons. The molecule has 1 amide bonds. The van der Waals surface area contributed by atoms with E-state index in [-0.39, 0.29) is 11.8 Å². The molecule has 2 aromatic rings. The molecule has 0 unspecified atom stereocenters. The van der Waals surface area contributed by atoms with Crippen LogP contribution in [-0.4, -0.2) is 39.0 Å². The van der Waals surface area contributed by atoms with Crippen LogP contribution < -0.4 is 0 Å². The van der Waals surface area contributed by atoms with E-state index >= 15 is 0 Å². The Morgan fingerprint density at radius 3 is 2.94 bits per heavy atom. The number of hydrogen-bond donors (Lipinski definition) is 0. The summed E-state index contributed by atoms with van der Waals surface area (Å²) in [6.07, 6.45) is 1.69. The summed E-state index contributed by atoms with van der Waals surface area (Å²) in [5.74, 6) is 1.30. The highest BCUT2D eigenvalue weighted by Crippen LogP contribution is 2.26. The van der Waals surface area contributed by atoms with Crippen molar-refractivity contribution in [2.75, 3.05) is 13.1 Å². The van der Waals surface area contributed by atoms with Crippen LogP contribution in [0.1, 0.15) is 18.7 Å². The number of carbonyl (C=O) groups is 1. The number of hydrogen-bond acceptors (Lipinski definition) is 5. The van der Waals surface area contributed by atoms with Gasteiger partial charge in [0, 0.05) is 26.2 Å². The molecule has 0 atom stereocenters. The Kier molecular flexibility index (Phi) is 2.55. The van der Waals surface area contributed by atoms with Gasteiger partial charge in [-0.25, -0.2) is 0 Å². The third kappa shape index (κ3) is 1.85. The predicted octanol–water partition coefficient (Wildman–Crippen LogP) is 1.08. The Morgan fingerprint density at radius 1 is 1.44 bits per heavy atom. The molecule has 2 aromatic heterocycles. The van der Waals surface area contributed by atoms with Crippen LogP contribution in [0.5, 0.6) is 0 Å². The standard InChI is InChI=1S/C12H12N4O2/c1-8(17)16-6-9(7-16)12-14-11(15-18-12)10-4-2-3-5-13-10/h2-5,9H,6-7H2,1H3. The highest BCUT2D eigenvalue weighted by molar-refractivity contribution is 5.74. The molecule has 6 nitrogen and oxygen atoms in total. The topological polar surface area (TPSA) is 72.1 Å². The molecule has 0 spiro atoms. The third-order valence-electron chi connectivity index (χ3n) is 3.01. The van der Waals surface area contributed by atoms with Crippen LogP contribution in [0.3, 0.4) is 0 Å². The summed E-state index contributed by atoms with van der Waals surface area (Å²) in [6.45, 7) is 2.86. The van der Waals surface area contributed by atoms with Gasteiger partial charge in [0.2, 0.25) is 17.6 Å². The minimum atomic E-state index is 0.0794. The highest BCUT2D eigenvalue weighted by atomic mass is 16.5. The fourth-order valence-corrected chi connectivity index (χ4v) is 1.89. The monoisotopic (exact) mass is 244 g/mol. The summed E-state index contributed by atoms with van der Waals surface area (Å²) < 4.78 is 5.21. The smallest absolute Gasteiger partial charge is 0.233 e. The molecule has 1 aliphatic heterocycles. The van der Waals surface area contributed by atoms with Crippen LogP contribution in [0.4, 0.5) is 0 Å². The predicted molar refractivity (Wildman–Crippen MR) is 62.5 cm³/mol. The van der Waals surface area contributed by atoms with Crippen molar-refractivity contribution in [3.8, 4) is 11.5 Å². The molecule has 1 saturated heterocycles. The minimum absolute atomic E-state index is 0.0794. The molecule has 1 aliphatic rings. The van der Waals surface area contributed by atoms with Crippen LogP contribution in [0, 0.1) is 0 Å². The summed E-state index contributed by atoms with van der Waals surface area (Å²) in [5, 5.41) is 3.91. The maximum absolute atomic E-state index is 11.1. The van der Waals surface area contributed by atoms with Gasteiger partial charge < -0.3 is 9.42 Å². The number of likely N-dealkylation sites (tertiary alicyclic amines) is 1. The summed E-state index contributed by atoms with van der Waals surface area (Å²) in [5.41, 5.74) is 0.690. The second kappa shape index (κ2) is 4.21. The summed E-state index contributed by atoms with van der Waals surface area (Å²) in [7, 11) is 0. The Balaban J connectivity index is 1.74. The van der Waals surface area contributed by atoms with E-state index in [2.05, 4.69) is 15.1 Å². The maximum atomic E-state index is 11.1. The van der Waals surface area contributed by atoms with Crippen molar-refractivity contribution in [3.05, 3.63) is 30.3 Å². The van der Waals surface area contributed by atoms with Gasteiger partial charge in [-0.3, -0.25) is 9.78 Å². The van der Waals surface area contributed by atoms with Crippen molar-refractivity contribution in [3.63, 3.8) is 0 Å². The molecule has 3 heterocycles. The zero-order chi connectivity index (χ0) is 12.5. The molecular formula is C12H12N4O2. The normalized spacial score (nSPS) is 15.5. The third-order valence-corrected chi connectivity index (χ3v) is 3.01. The van der Waals surface area contributed by atoms with Gasteiger partial charge in [0.1, 0.15) is 5.69 Å². The Bertz CT molecular complexity index is 560. The SMILES string of the molecule is CC(=O)N1CC(c2nc(-c3ccccn3)no2)C1. The molecule has 0 saturated carbocycles. The van der Waals surface area contributed by atoms with Crippen LogP contribution in [0.25, 0.3) is 11.5 Å². The van der Waals surface area contributed by atoms with Crippen molar-refractivity contribution in [2.24, 2.45) is 0 Å². The summed E-state index contributed by atoms with van der Waals surface area (Å²) in [4.78, 5) is 21.3. The van der Waals surface area contributed by atoms with Gasteiger partial charge >= 0.3 is 0 Å². The largest absolute Gasteiger partial charge is 0.341 e. The Morgan fingerprint density at radius 2 is 2.28 bits per heavy atom. The number of nitrogens with zero attached hydrogens (tertiary/aromatic N) is 4. The van der Waals surface area contributed by atoms with Gasteiger partial charge in [0.15, 0.2) is 0 Å². The molecule has 0 bridgehead atoms. The summed E-state index contributed by atoms with van der Waals surface area (Å²) in [6, 6.07) is 5.54. The van der Waals surface area contributed by atoms with Gasteiger partial charge in [-0.1, -0.05) is 11.2 Å². The average Bonchev–Trinajstić information content (AvgIpc) is 2.77. The molecule has 18 heavy (non-hydrogen) atoms. The van der Waals surface area contributed by atoms with Gasteiger partial charge in [0.25, 0.3) is 0 Å². The molecule has 6 heteroatoms. The fourth-order valence-electron chi connectivity index (χ4n) is 1.89. The van der Waals surface area contributed by atoms with Crippen molar-refractivity contribution >= 4 is 5.91 Å². The molecular weight excluding hydrogens is 232 g/mol. The fraction of sp³-hybridized carbons (Fsp3) is 0.333. The Hall–Kier alpha value is -2.24. The first-order valence-corrected chi connectivity index (χ1v) is 5.74. The quantitative estimate of drug-likeness (QED) is 0.790. The van der Waals surface area contributed by atoms with Crippen molar-refractivity contribution in [2.45, 2.75) is 12.8 Å². The number of pyridine rings is 1. The number of aromatic nitrogens is 3. The maximum Gasteiger partial charge on any atom is 0.233 e. The van der Waals surface area contributed by atoms with E-state index in [1.165, 1.54) is 0 Å². The van der Waals surface area contributed by atoms with Gasteiger partial charge in [-0.05, 0) is 12.1 Å². The number of rotatable bonds is 2. The average molecular weight is 244 g/mol. The lowest BCUT2D eigenvalue weighted by molar-refractivity contribution is -0.133. The lowest BCUT2D eigenvalue weighted by Gasteiger charge is -2.36. The van der Waals surface area contributed by atoms with Crippen molar-refractivity contribution < 1.29 is 9.32 Å². The van der Waals surface area contributed by atoms with Gasteiger partial charge in [-0.2, -0.15) is 4.98 Å². The lowest BCUT2D eigenvalue weighted by Crippen LogP contribution is -2.47. The zero-order valence-electron chi connectivity index (χ0n) is 9.91. The first-order chi connectivity index (χ1) is 8.74. The zero-order valence-corrected chi connectivity index (χ0v) is 9.91. The van der Waals surface area contributed by atoms with E-state index in [4.69, 9.17) is 4.52 Å². The van der Waals surface area contributed by atoms with Crippen LogP contribution in [0.2, 0.25) is 0 Å². The van der Waals surface area contributed by atoms with Crippen LogP contribution in [0.15, 0.2) is 28.9 Å². The van der Waals surface area contributed by atoms with Crippen LogP contribution in [-0.2, 0) is 4.79 Å². The molecule has 0 aliphatic carbocycles. The molecule has 1 fully saturated rings. The summed E-state index contributed by atoms with van der Waals surface area (Å²) >= 11 is 0. The van der Waals surface area contributed by atoms with E-state index in [9.17, 15) is 4.79 Å². The number of amides is 1. The minimum Gasteiger partial charge on any atom is -0.341 e. The highest BCUT2D eigenvalue weighted by Gasteiger charge is 2.34. The van der Waals surface area contributed by atoms with Gasteiger partial charge in [-0.15, -0.1) is 0 Å². The Labute approximate surface area is 104 Å². The van der Waals surface area contributed by atoms with Crippen molar-refractivity contribution in [1.82, 2.24) is 20.0 Å². The molecule has 3 rings (SSSR count). The second-order valence-electron chi connectivity index (χ2n) is 4.29. The molecule has 0 N–H and O–H groups in total. The first kappa shape index (κ1) is 10.9. The van der Waals surface area contributed by atoms with E-state index in [1.54, 1.807) is 18.0 Å². The van der Waals surface area contributed by atoms with E-state index < -0.39 is 0 Å². The number of carbonyl (C=O) groups excluding carboxylic acids is 1. The van der Waals surface area contributed by atoms with E-state index in [0.29, 0.717) is 30.5 Å². The lowest BCUT2D eigenvalue weighted by atomic mass is 10.0. The second-order valence-corrected chi connectivity index (χ2v) is 4.29. The molecule has 0 radical (unpaired) electrons. The first-order valence-electron chi connectivity index (χ1n) is 5.74. The van der Waals surface area contributed by atoms with E-state index in [1.807, 2.05) is 18.2 Å².